The molecule has 1 rings (SSSR count). The molecule has 0 unspecified atom stereocenters. The summed E-state index contributed by atoms with van der Waals surface area (Å²) in [5, 5.41) is 0. The Kier molecular flexibility index (Phi) is 5.73. The van der Waals surface area contributed by atoms with E-state index in [1.54, 1.807) is 0 Å². The van der Waals surface area contributed by atoms with Gasteiger partial charge in [0.05, 0.1) is 8.07 Å². The van der Waals surface area contributed by atoms with Gasteiger partial charge in [-0.05, 0) is 11.0 Å². The third-order valence-electron chi connectivity index (χ3n) is 2.62. The van der Waals surface area contributed by atoms with Gasteiger partial charge < -0.3 is 0 Å². The topological polar surface area (TPSA) is 0 Å². The molecule has 2 heteroatoms. The van der Waals surface area contributed by atoms with Gasteiger partial charge in [0, 0.05) is 11.5 Å². The average Bonchev–Trinajstić information content (AvgIpc) is 2.27. The maximum atomic E-state index is 2.47. The van der Waals surface area contributed by atoms with E-state index in [0.717, 1.165) is 5.75 Å². The van der Waals surface area contributed by atoms with Gasteiger partial charge in [0.25, 0.3) is 0 Å². The van der Waals surface area contributed by atoms with E-state index >= 15 is 0 Å². The first kappa shape index (κ1) is 15.6. The van der Waals surface area contributed by atoms with E-state index in [9.17, 15) is 0 Å². The van der Waals surface area contributed by atoms with Crippen LogP contribution in [0.2, 0.25) is 19.6 Å². The Morgan fingerprint density at radius 1 is 1.11 bits per heavy atom. The Balaban J connectivity index is 2.40. The fourth-order valence-corrected chi connectivity index (χ4v) is 3.63. The van der Waals surface area contributed by atoms with Crippen LogP contribution < -0.4 is 0 Å². The van der Waals surface area contributed by atoms with Gasteiger partial charge in [-0.15, -0.1) is 0 Å². The number of hydrogen-bond acceptors (Lipinski definition) is 1. The monoisotopic (exact) mass is 278 g/mol. The molecule has 0 saturated heterocycles. The highest BCUT2D eigenvalue weighted by Crippen LogP contribution is 2.26. The van der Waals surface area contributed by atoms with Crippen molar-refractivity contribution in [1.82, 2.24) is 0 Å². The molecule has 0 radical (unpaired) electrons. The maximum absolute atomic E-state index is 2.47. The molecule has 0 atom stereocenters. The number of thioether (sulfide) groups is 1. The van der Waals surface area contributed by atoms with Crippen LogP contribution in [0.1, 0.15) is 19.4 Å². The van der Waals surface area contributed by atoms with Crippen molar-refractivity contribution in [2.75, 3.05) is 5.75 Å². The first-order valence-corrected chi connectivity index (χ1v) is 11.3. The van der Waals surface area contributed by atoms with Gasteiger partial charge in [0.1, 0.15) is 0 Å². The molecule has 0 fully saturated rings. The van der Waals surface area contributed by atoms with Crippen LogP contribution in [0.15, 0.2) is 42.1 Å². The SMILES string of the molecule is CC(C)(/C=C/[Si](C)(C)C)CSCc1ccccc1. The molecule has 0 bridgehead atoms. The highest BCUT2D eigenvalue weighted by Gasteiger charge is 2.16. The molecule has 1 aromatic carbocycles. The van der Waals surface area contributed by atoms with Crippen LogP contribution >= 0.6 is 11.8 Å². The van der Waals surface area contributed by atoms with Crippen molar-refractivity contribution >= 4 is 19.8 Å². The molecular weight excluding hydrogens is 252 g/mol. The Bertz CT molecular complexity index is 374. The van der Waals surface area contributed by atoms with Crippen LogP contribution in [0, 0.1) is 5.41 Å². The van der Waals surface area contributed by atoms with Gasteiger partial charge in [-0.2, -0.15) is 11.8 Å². The molecule has 0 spiro atoms. The lowest BCUT2D eigenvalue weighted by molar-refractivity contribution is 0.557. The quantitative estimate of drug-likeness (QED) is 0.630. The van der Waals surface area contributed by atoms with E-state index in [1.165, 1.54) is 11.3 Å². The summed E-state index contributed by atoms with van der Waals surface area (Å²) < 4.78 is 0. The summed E-state index contributed by atoms with van der Waals surface area (Å²) in [5.74, 6) is 2.30. The molecule has 0 nitrogen and oxygen atoms in total. The fourth-order valence-electron chi connectivity index (χ4n) is 1.53. The molecule has 0 amide bonds. The molecular formula is C16H26SSi. The molecule has 0 aliphatic carbocycles. The number of benzene rings is 1. The highest BCUT2D eigenvalue weighted by atomic mass is 32.2. The maximum Gasteiger partial charge on any atom is 0.0683 e. The Morgan fingerprint density at radius 2 is 1.72 bits per heavy atom. The Hall–Kier alpha value is -0.473. The number of allylic oxidation sites excluding steroid dienone is 1. The lowest BCUT2D eigenvalue weighted by Crippen LogP contribution is -2.19. The van der Waals surface area contributed by atoms with Gasteiger partial charge in [-0.25, -0.2) is 0 Å². The third-order valence-corrected chi connectivity index (χ3v) is 5.27. The Labute approximate surface area is 118 Å². The van der Waals surface area contributed by atoms with Gasteiger partial charge in [0.15, 0.2) is 0 Å². The minimum absolute atomic E-state index is 0.305. The van der Waals surface area contributed by atoms with Gasteiger partial charge in [-0.3, -0.25) is 0 Å². The second-order valence-electron chi connectivity index (χ2n) is 6.67. The predicted octanol–water partition coefficient (Wildman–Crippen LogP) is 5.38. The summed E-state index contributed by atoms with van der Waals surface area (Å²) in [4.78, 5) is 0. The van der Waals surface area contributed by atoms with Crippen LogP contribution in [-0.2, 0) is 5.75 Å². The normalized spacial score (nSPS) is 13.2. The van der Waals surface area contributed by atoms with Crippen LogP contribution in [-0.4, -0.2) is 13.8 Å². The summed E-state index contributed by atoms with van der Waals surface area (Å²) >= 11 is 2.03. The minimum atomic E-state index is -1.06. The molecule has 0 aliphatic rings. The molecule has 18 heavy (non-hydrogen) atoms. The van der Waals surface area contributed by atoms with E-state index in [-0.39, 0.29) is 0 Å². The van der Waals surface area contributed by atoms with Gasteiger partial charge in [-0.1, -0.05) is 75.6 Å². The van der Waals surface area contributed by atoms with E-state index < -0.39 is 8.07 Å². The molecule has 0 saturated carbocycles. The van der Waals surface area contributed by atoms with E-state index in [4.69, 9.17) is 0 Å². The van der Waals surface area contributed by atoms with Crippen LogP contribution in [0.3, 0.4) is 0 Å². The molecule has 0 N–H and O–H groups in total. The zero-order valence-corrected chi connectivity index (χ0v) is 14.2. The average molecular weight is 279 g/mol. The second kappa shape index (κ2) is 6.62. The van der Waals surface area contributed by atoms with Gasteiger partial charge >= 0.3 is 0 Å². The van der Waals surface area contributed by atoms with Crippen molar-refractivity contribution in [2.45, 2.75) is 39.2 Å². The van der Waals surface area contributed by atoms with Crippen molar-refractivity contribution in [1.29, 1.82) is 0 Å². The number of hydrogen-bond donors (Lipinski definition) is 0. The van der Waals surface area contributed by atoms with Crippen molar-refractivity contribution in [3.05, 3.63) is 47.7 Å². The van der Waals surface area contributed by atoms with E-state index in [2.05, 4.69) is 75.6 Å². The second-order valence-corrected chi connectivity index (χ2v) is 12.7. The van der Waals surface area contributed by atoms with Crippen LogP contribution in [0.5, 0.6) is 0 Å². The zero-order chi connectivity index (χ0) is 13.6. The predicted molar refractivity (Wildman–Crippen MR) is 88.9 cm³/mol. The summed E-state index contributed by atoms with van der Waals surface area (Å²) in [6.07, 6.45) is 2.43. The van der Waals surface area contributed by atoms with Gasteiger partial charge in [0.2, 0.25) is 0 Å². The highest BCUT2D eigenvalue weighted by molar-refractivity contribution is 7.98. The van der Waals surface area contributed by atoms with Crippen molar-refractivity contribution in [3.63, 3.8) is 0 Å². The number of rotatable bonds is 6. The fraction of sp³-hybridized carbons (Fsp3) is 0.500. The van der Waals surface area contributed by atoms with Crippen molar-refractivity contribution in [3.8, 4) is 0 Å². The third kappa shape index (κ3) is 7.07. The first-order valence-electron chi connectivity index (χ1n) is 6.61. The van der Waals surface area contributed by atoms with E-state index in [0.29, 0.717) is 5.41 Å². The lowest BCUT2D eigenvalue weighted by Gasteiger charge is -2.21. The van der Waals surface area contributed by atoms with E-state index in [1.807, 2.05) is 11.8 Å². The first-order chi connectivity index (χ1) is 8.29. The Morgan fingerprint density at radius 3 is 2.28 bits per heavy atom. The molecule has 100 valence electrons. The molecule has 0 heterocycles. The lowest BCUT2D eigenvalue weighted by atomic mass is 9.97. The van der Waals surface area contributed by atoms with Crippen LogP contribution in [0.4, 0.5) is 0 Å². The smallest absolute Gasteiger partial charge is 0.0683 e. The molecule has 0 aromatic heterocycles. The largest absolute Gasteiger partial charge is 0.156 e. The molecule has 1 aromatic rings. The minimum Gasteiger partial charge on any atom is -0.156 e. The summed E-state index contributed by atoms with van der Waals surface area (Å²) in [7, 11) is -1.06. The summed E-state index contributed by atoms with van der Waals surface area (Å²) in [6.45, 7) is 11.8. The van der Waals surface area contributed by atoms with Crippen molar-refractivity contribution < 1.29 is 0 Å². The molecule has 0 aliphatic heterocycles. The van der Waals surface area contributed by atoms with Crippen LogP contribution in [0.25, 0.3) is 0 Å². The summed E-state index contributed by atoms with van der Waals surface area (Å²) in [6, 6.07) is 10.7. The zero-order valence-electron chi connectivity index (χ0n) is 12.4. The summed E-state index contributed by atoms with van der Waals surface area (Å²) in [5.41, 5.74) is 4.20. The standard InChI is InChI=1S/C16H26SSi/c1-16(2,11-12-18(3,4)5)14-17-13-15-9-7-6-8-10-15/h6-12H,13-14H2,1-5H3/b12-11+. The van der Waals surface area contributed by atoms with Crippen molar-refractivity contribution in [2.24, 2.45) is 5.41 Å².